The number of hydrogen-bond acceptors (Lipinski definition) is 3. The number of H-pyrrole nitrogens is 1. The Kier molecular flexibility index (Phi) is 3.68. The van der Waals surface area contributed by atoms with E-state index in [1.54, 1.807) is 0 Å². The van der Waals surface area contributed by atoms with E-state index in [-0.39, 0.29) is 5.41 Å². The van der Waals surface area contributed by atoms with Crippen LogP contribution < -0.4 is 0 Å². The van der Waals surface area contributed by atoms with Gasteiger partial charge in [-0.15, -0.1) is 0 Å². The van der Waals surface area contributed by atoms with Gasteiger partial charge in [-0.2, -0.15) is 5.10 Å². The van der Waals surface area contributed by atoms with Crippen molar-refractivity contribution in [3.05, 3.63) is 10.6 Å². The summed E-state index contributed by atoms with van der Waals surface area (Å²) in [5.74, 6) is 1.45. The number of rotatable bonds is 3. The molecule has 0 bridgehead atoms. The van der Waals surface area contributed by atoms with E-state index in [0.717, 1.165) is 43.2 Å². The fraction of sp³-hybridized carbons (Fsp3) is 0.833. The van der Waals surface area contributed by atoms with Crippen molar-refractivity contribution in [2.75, 3.05) is 13.2 Å². The van der Waals surface area contributed by atoms with Gasteiger partial charge < -0.3 is 9.30 Å². The van der Waals surface area contributed by atoms with E-state index in [1.165, 1.54) is 0 Å². The Morgan fingerprint density at radius 1 is 1.47 bits per heavy atom. The average Bonchev–Trinajstić information content (AvgIpc) is 2.61. The van der Waals surface area contributed by atoms with E-state index >= 15 is 0 Å². The molecule has 0 aromatic carbocycles. The molecule has 0 unspecified atom stereocenters. The number of nitrogens with one attached hydrogen (secondary N) is 1. The maximum Gasteiger partial charge on any atom is 0.195 e. The molecule has 1 aliphatic rings. The summed E-state index contributed by atoms with van der Waals surface area (Å²) in [6.45, 7) is 9.27. The highest BCUT2D eigenvalue weighted by Crippen LogP contribution is 2.32. The van der Waals surface area contributed by atoms with Gasteiger partial charge >= 0.3 is 0 Å². The zero-order valence-electron chi connectivity index (χ0n) is 10.8. The Bertz CT molecular complexity index is 429. The lowest BCUT2D eigenvalue weighted by Crippen LogP contribution is -2.31. The largest absolute Gasteiger partial charge is 0.381 e. The van der Waals surface area contributed by atoms with Gasteiger partial charge in [0.1, 0.15) is 5.82 Å². The standard InChI is InChI=1S/C12H21N3OS/c1-9(2)10-13-14-11(17)15(10)8-12(3)4-6-16-7-5-12/h9H,4-8H2,1-3H3,(H,14,17). The van der Waals surface area contributed by atoms with Gasteiger partial charge in [0, 0.05) is 25.7 Å². The molecule has 96 valence electrons. The number of ether oxygens (including phenoxy) is 1. The first-order valence-corrected chi connectivity index (χ1v) is 6.65. The van der Waals surface area contributed by atoms with Gasteiger partial charge in [0.05, 0.1) is 0 Å². The SMILES string of the molecule is CC(C)c1n[nH]c(=S)n1CC1(C)CCOCC1. The molecular weight excluding hydrogens is 234 g/mol. The lowest BCUT2D eigenvalue weighted by atomic mass is 9.82. The van der Waals surface area contributed by atoms with Crippen molar-refractivity contribution in [3.63, 3.8) is 0 Å². The molecule has 4 nitrogen and oxygen atoms in total. The van der Waals surface area contributed by atoms with Crippen LogP contribution in [0.5, 0.6) is 0 Å². The second-order valence-corrected chi connectivity index (χ2v) is 5.94. The van der Waals surface area contributed by atoms with E-state index < -0.39 is 0 Å². The summed E-state index contributed by atoms with van der Waals surface area (Å²) in [6.07, 6.45) is 2.19. The molecule has 2 rings (SSSR count). The lowest BCUT2D eigenvalue weighted by Gasteiger charge is -2.34. The van der Waals surface area contributed by atoms with Crippen LogP contribution in [0.1, 0.15) is 45.4 Å². The zero-order chi connectivity index (χ0) is 12.5. The highest BCUT2D eigenvalue weighted by atomic mass is 32.1. The van der Waals surface area contributed by atoms with Gasteiger partial charge in [0.2, 0.25) is 0 Å². The molecule has 0 saturated carbocycles. The van der Waals surface area contributed by atoms with E-state index in [0.29, 0.717) is 5.92 Å². The van der Waals surface area contributed by atoms with Crippen molar-refractivity contribution < 1.29 is 4.74 Å². The highest BCUT2D eigenvalue weighted by molar-refractivity contribution is 7.71. The molecule has 1 aromatic heterocycles. The summed E-state index contributed by atoms with van der Waals surface area (Å²) in [7, 11) is 0. The number of aromatic amines is 1. The highest BCUT2D eigenvalue weighted by Gasteiger charge is 2.29. The topological polar surface area (TPSA) is 42.8 Å². The van der Waals surface area contributed by atoms with Gasteiger partial charge in [-0.1, -0.05) is 20.8 Å². The Labute approximate surface area is 107 Å². The minimum atomic E-state index is 0.282. The van der Waals surface area contributed by atoms with Gasteiger partial charge in [-0.05, 0) is 30.5 Å². The third-order valence-electron chi connectivity index (χ3n) is 3.54. The lowest BCUT2D eigenvalue weighted by molar-refractivity contribution is 0.0148. The molecule has 0 amide bonds. The first-order valence-electron chi connectivity index (χ1n) is 6.25. The molecule has 5 heteroatoms. The van der Waals surface area contributed by atoms with Crippen LogP contribution in [0.15, 0.2) is 0 Å². The predicted octanol–water partition coefficient (Wildman–Crippen LogP) is 2.88. The smallest absolute Gasteiger partial charge is 0.195 e. The second-order valence-electron chi connectivity index (χ2n) is 5.55. The zero-order valence-corrected chi connectivity index (χ0v) is 11.6. The Morgan fingerprint density at radius 3 is 2.71 bits per heavy atom. The van der Waals surface area contributed by atoms with Crippen LogP contribution in [-0.4, -0.2) is 28.0 Å². The molecule has 0 atom stereocenters. The summed E-state index contributed by atoms with van der Waals surface area (Å²) < 4.78 is 8.33. The number of nitrogens with zero attached hydrogens (tertiary/aromatic N) is 2. The molecule has 0 radical (unpaired) electrons. The Hall–Kier alpha value is -0.680. The summed E-state index contributed by atoms with van der Waals surface area (Å²) in [6, 6.07) is 0. The Balaban J connectivity index is 2.22. The van der Waals surface area contributed by atoms with Crippen LogP contribution in [0.2, 0.25) is 0 Å². The predicted molar refractivity (Wildman–Crippen MR) is 69.7 cm³/mol. The van der Waals surface area contributed by atoms with Crippen LogP contribution in [0.3, 0.4) is 0 Å². The van der Waals surface area contributed by atoms with Gasteiger partial charge in [0.15, 0.2) is 4.77 Å². The third kappa shape index (κ3) is 2.77. The molecule has 2 heterocycles. The monoisotopic (exact) mass is 255 g/mol. The van der Waals surface area contributed by atoms with Crippen molar-refractivity contribution in [3.8, 4) is 0 Å². The molecule has 17 heavy (non-hydrogen) atoms. The molecule has 1 fully saturated rings. The Morgan fingerprint density at radius 2 is 2.12 bits per heavy atom. The van der Waals surface area contributed by atoms with Crippen LogP contribution in [-0.2, 0) is 11.3 Å². The van der Waals surface area contributed by atoms with Crippen molar-refractivity contribution in [1.29, 1.82) is 0 Å². The van der Waals surface area contributed by atoms with Crippen LogP contribution in [0, 0.1) is 10.2 Å². The maximum atomic E-state index is 5.43. The number of hydrogen-bond donors (Lipinski definition) is 1. The third-order valence-corrected chi connectivity index (χ3v) is 3.86. The van der Waals surface area contributed by atoms with Crippen molar-refractivity contribution in [2.45, 2.75) is 46.1 Å². The molecular formula is C12H21N3OS. The average molecular weight is 255 g/mol. The quantitative estimate of drug-likeness (QED) is 0.845. The molecule has 0 spiro atoms. The first kappa shape index (κ1) is 12.8. The van der Waals surface area contributed by atoms with Gasteiger partial charge in [0.25, 0.3) is 0 Å². The summed E-state index contributed by atoms with van der Waals surface area (Å²) >= 11 is 5.32. The summed E-state index contributed by atoms with van der Waals surface area (Å²) in [5.41, 5.74) is 0.282. The second kappa shape index (κ2) is 4.90. The summed E-state index contributed by atoms with van der Waals surface area (Å²) in [5, 5.41) is 7.24. The van der Waals surface area contributed by atoms with Gasteiger partial charge in [-0.25, -0.2) is 0 Å². The minimum Gasteiger partial charge on any atom is -0.381 e. The first-order chi connectivity index (χ1) is 8.02. The van der Waals surface area contributed by atoms with Crippen LogP contribution in [0.4, 0.5) is 0 Å². The van der Waals surface area contributed by atoms with E-state index in [4.69, 9.17) is 17.0 Å². The number of aromatic nitrogens is 3. The molecule has 1 N–H and O–H groups in total. The minimum absolute atomic E-state index is 0.282. The van der Waals surface area contributed by atoms with Crippen LogP contribution in [0.25, 0.3) is 0 Å². The maximum absolute atomic E-state index is 5.43. The summed E-state index contributed by atoms with van der Waals surface area (Å²) in [4.78, 5) is 0. The van der Waals surface area contributed by atoms with E-state index in [1.807, 2.05) is 0 Å². The fourth-order valence-electron chi connectivity index (χ4n) is 2.33. The van der Waals surface area contributed by atoms with Crippen molar-refractivity contribution >= 4 is 12.2 Å². The van der Waals surface area contributed by atoms with Gasteiger partial charge in [-0.3, -0.25) is 5.10 Å². The fourth-order valence-corrected chi connectivity index (χ4v) is 2.53. The van der Waals surface area contributed by atoms with Crippen LogP contribution >= 0.6 is 12.2 Å². The van der Waals surface area contributed by atoms with E-state index in [9.17, 15) is 0 Å². The molecule has 0 aliphatic carbocycles. The normalized spacial score (nSPS) is 19.8. The molecule has 1 aromatic rings. The molecule has 1 saturated heterocycles. The molecule has 1 aliphatic heterocycles. The van der Waals surface area contributed by atoms with Crippen molar-refractivity contribution in [2.24, 2.45) is 5.41 Å². The van der Waals surface area contributed by atoms with E-state index in [2.05, 4.69) is 35.5 Å². The van der Waals surface area contributed by atoms with Crippen molar-refractivity contribution in [1.82, 2.24) is 14.8 Å².